The average molecular weight is 278 g/mol. The number of nitrogens with zero attached hydrogens (tertiary/aromatic N) is 1. The second-order valence-corrected chi connectivity index (χ2v) is 5.29. The molecule has 0 radical (unpaired) electrons. The third-order valence-electron chi connectivity index (χ3n) is 2.92. The van der Waals surface area contributed by atoms with Crippen LogP contribution in [0.5, 0.6) is 5.75 Å². The van der Waals surface area contributed by atoms with Crippen LogP contribution in [-0.4, -0.2) is 17.8 Å². The molecular weight excluding hydrogens is 260 g/mol. The van der Waals surface area contributed by atoms with Gasteiger partial charge in [0.25, 0.3) is 5.22 Å². The Labute approximate surface area is 117 Å². The Morgan fingerprint density at radius 3 is 2.84 bits per heavy atom. The molecule has 0 fully saturated rings. The number of rotatable bonds is 5. The lowest BCUT2D eigenvalue weighted by atomic mass is 10.1. The summed E-state index contributed by atoms with van der Waals surface area (Å²) in [5, 5.41) is 0.674. The van der Waals surface area contributed by atoms with Gasteiger partial charge in [-0.1, -0.05) is 23.9 Å². The van der Waals surface area contributed by atoms with Crippen molar-refractivity contribution >= 4 is 11.8 Å². The van der Waals surface area contributed by atoms with Crippen molar-refractivity contribution < 1.29 is 9.15 Å². The molecule has 2 rings (SSSR count). The summed E-state index contributed by atoms with van der Waals surface area (Å²) in [5.74, 6) is 2.39. The molecule has 0 saturated carbocycles. The molecule has 1 heterocycles. The topological polar surface area (TPSA) is 61.3 Å². The number of nitrogens with two attached hydrogens (primary N) is 1. The molecule has 1 aromatic heterocycles. The summed E-state index contributed by atoms with van der Waals surface area (Å²) in [7, 11) is 1.65. The van der Waals surface area contributed by atoms with Crippen molar-refractivity contribution in [2.75, 3.05) is 12.9 Å². The van der Waals surface area contributed by atoms with E-state index < -0.39 is 0 Å². The van der Waals surface area contributed by atoms with Crippen LogP contribution in [0, 0.1) is 13.8 Å². The van der Waals surface area contributed by atoms with E-state index in [-0.39, 0.29) is 6.04 Å². The second-order valence-electron chi connectivity index (χ2n) is 4.32. The zero-order valence-electron chi connectivity index (χ0n) is 11.3. The first-order valence-electron chi connectivity index (χ1n) is 6.06. The first-order chi connectivity index (χ1) is 9.10. The lowest BCUT2D eigenvalue weighted by Gasteiger charge is -2.11. The number of benzene rings is 1. The van der Waals surface area contributed by atoms with Gasteiger partial charge in [-0.15, -0.1) is 0 Å². The summed E-state index contributed by atoms with van der Waals surface area (Å²) < 4.78 is 10.7. The number of methoxy groups -OCH3 is 1. The Balaban J connectivity index is 1.98. The van der Waals surface area contributed by atoms with Crippen molar-refractivity contribution in [2.45, 2.75) is 25.1 Å². The standard InChI is InChI=1S/C14H18N2O2S/c1-9-10(2)18-14(16-9)19-8-13(15)11-5-4-6-12(7-11)17-3/h4-7,13H,8,15H2,1-3H3. The third kappa shape index (κ3) is 3.52. The summed E-state index contributed by atoms with van der Waals surface area (Å²) >= 11 is 1.53. The van der Waals surface area contributed by atoms with E-state index in [1.165, 1.54) is 11.8 Å². The van der Waals surface area contributed by atoms with Crippen molar-refractivity contribution in [3.63, 3.8) is 0 Å². The molecule has 2 N–H and O–H groups in total. The van der Waals surface area contributed by atoms with Gasteiger partial charge in [0.1, 0.15) is 11.5 Å². The van der Waals surface area contributed by atoms with E-state index in [4.69, 9.17) is 14.9 Å². The van der Waals surface area contributed by atoms with Crippen LogP contribution in [0.4, 0.5) is 0 Å². The van der Waals surface area contributed by atoms with Gasteiger partial charge in [-0.2, -0.15) is 0 Å². The van der Waals surface area contributed by atoms with E-state index in [2.05, 4.69) is 4.98 Å². The van der Waals surface area contributed by atoms with Gasteiger partial charge in [0.2, 0.25) is 0 Å². The summed E-state index contributed by atoms with van der Waals surface area (Å²) in [6.07, 6.45) is 0. The lowest BCUT2D eigenvalue weighted by molar-refractivity contribution is 0.414. The SMILES string of the molecule is COc1cccc(C(N)CSc2nc(C)c(C)o2)c1. The average Bonchev–Trinajstić information content (AvgIpc) is 2.75. The maximum atomic E-state index is 6.17. The number of aryl methyl sites for hydroxylation is 2. The molecule has 1 atom stereocenters. The number of oxazole rings is 1. The number of aromatic nitrogens is 1. The zero-order chi connectivity index (χ0) is 13.8. The van der Waals surface area contributed by atoms with Crippen LogP contribution < -0.4 is 10.5 Å². The van der Waals surface area contributed by atoms with Gasteiger partial charge < -0.3 is 14.9 Å². The minimum atomic E-state index is -0.0763. The predicted molar refractivity (Wildman–Crippen MR) is 76.6 cm³/mol. The molecule has 0 aliphatic rings. The van der Waals surface area contributed by atoms with E-state index in [9.17, 15) is 0 Å². The molecule has 0 amide bonds. The Bertz CT molecular complexity index is 535. The Morgan fingerprint density at radius 2 is 2.21 bits per heavy atom. The highest BCUT2D eigenvalue weighted by Gasteiger charge is 2.11. The van der Waals surface area contributed by atoms with E-state index in [0.29, 0.717) is 11.0 Å². The highest BCUT2D eigenvalue weighted by atomic mass is 32.2. The van der Waals surface area contributed by atoms with Crippen LogP contribution >= 0.6 is 11.8 Å². The maximum absolute atomic E-state index is 6.17. The van der Waals surface area contributed by atoms with Crippen molar-refractivity contribution in [2.24, 2.45) is 5.73 Å². The minimum absolute atomic E-state index is 0.0763. The van der Waals surface area contributed by atoms with Crippen LogP contribution in [0.25, 0.3) is 0 Å². The Morgan fingerprint density at radius 1 is 1.42 bits per heavy atom. The molecule has 0 aliphatic carbocycles. The molecule has 0 aliphatic heterocycles. The fourth-order valence-corrected chi connectivity index (χ4v) is 2.53. The molecule has 2 aromatic rings. The molecule has 1 aromatic carbocycles. The monoisotopic (exact) mass is 278 g/mol. The maximum Gasteiger partial charge on any atom is 0.256 e. The molecule has 0 bridgehead atoms. The van der Waals surface area contributed by atoms with Crippen molar-refractivity contribution in [1.82, 2.24) is 4.98 Å². The quantitative estimate of drug-likeness (QED) is 0.852. The van der Waals surface area contributed by atoms with Crippen molar-refractivity contribution in [3.8, 4) is 5.75 Å². The van der Waals surface area contributed by atoms with Gasteiger partial charge in [0.15, 0.2) is 0 Å². The summed E-state index contributed by atoms with van der Waals surface area (Å²) in [4.78, 5) is 4.33. The van der Waals surface area contributed by atoms with Gasteiger partial charge in [0, 0.05) is 11.8 Å². The minimum Gasteiger partial charge on any atom is -0.497 e. The van der Waals surface area contributed by atoms with Gasteiger partial charge in [-0.25, -0.2) is 4.98 Å². The molecule has 19 heavy (non-hydrogen) atoms. The van der Waals surface area contributed by atoms with Crippen LogP contribution in [-0.2, 0) is 0 Å². The third-order valence-corrected chi connectivity index (χ3v) is 3.86. The Hall–Kier alpha value is -1.46. The molecule has 102 valence electrons. The van der Waals surface area contributed by atoms with Crippen molar-refractivity contribution in [3.05, 3.63) is 41.3 Å². The molecule has 5 heteroatoms. The smallest absolute Gasteiger partial charge is 0.256 e. The van der Waals surface area contributed by atoms with E-state index in [1.54, 1.807) is 7.11 Å². The van der Waals surface area contributed by atoms with E-state index in [1.807, 2.05) is 38.1 Å². The molecule has 1 unspecified atom stereocenters. The second kappa shape index (κ2) is 6.12. The summed E-state index contributed by atoms with van der Waals surface area (Å²) in [6, 6.07) is 7.73. The van der Waals surface area contributed by atoms with Crippen LogP contribution in [0.3, 0.4) is 0 Å². The van der Waals surface area contributed by atoms with Gasteiger partial charge in [-0.3, -0.25) is 0 Å². The molecule has 4 nitrogen and oxygen atoms in total. The number of ether oxygens (including phenoxy) is 1. The van der Waals surface area contributed by atoms with Gasteiger partial charge in [-0.05, 0) is 31.5 Å². The fourth-order valence-electron chi connectivity index (χ4n) is 1.63. The first kappa shape index (κ1) is 14.0. The van der Waals surface area contributed by atoms with Gasteiger partial charge >= 0.3 is 0 Å². The Kier molecular flexibility index (Phi) is 4.50. The summed E-state index contributed by atoms with van der Waals surface area (Å²) in [6.45, 7) is 3.85. The first-order valence-corrected chi connectivity index (χ1v) is 7.05. The van der Waals surface area contributed by atoms with E-state index in [0.717, 1.165) is 22.8 Å². The van der Waals surface area contributed by atoms with Crippen molar-refractivity contribution in [1.29, 1.82) is 0 Å². The fraction of sp³-hybridized carbons (Fsp3) is 0.357. The zero-order valence-corrected chi connectivity index (χ0v) is 12.2. The van der Waals surface area contributed by atoms with Crippen LogP contribution in [0.15, 0.2) is 33.9 Å². The molecule has 0 spiro atoms. The normalized spacial score (nSPS) is 12.4. The number of thioether (sulfide) groups is 1. The number of hydrogen-bond donors (Lipinski definition) is 1. The molecule has 0 saturated heterocycles. The molecular formula is C14H18N2O2S. The van der Waals surface area contributed by atoms with Crippen LogP contribution in [0.1, 0.15) is 23.1 Å². The van der Waals surface area contributed by atoms with Gasteiger partial charge in [0.05, 0.1) is 12.8 Å². The highest BCUT2D eigenvalue weighted by molar-refractivity contribution is 7.99. The van der Waals surface area contributed by atoms with E-state index >= 15 is 0 Å². The lowest BCUT2D eigenvalue weighted by Crippen LogP contribution is -2.12. The largest absolute Gasteiger partial charge is 0.497 e. The van der Waals surface area contributed by atoms with Crippen LogP contribution in [0.2, 0.25) is 0 Å². The summed E-state index contributed by atoms with van der Waals surface area (Å²) in [5.41, 5.74) is 8.14. The predicted octanol–water partition coefficient (Wildman–Crippen LogP) is 3.09. The number of hydrogen-bond acceptors (Lipinski definition) is 5. The highest BCUT2D eigenvalue weighted by Crippen LogP contribution is 2.25.